The summed E-state index contributed by atoms with van der Waals surface area (Å²) < 4.78 is 0. The summed E-state index contributed by atoms with van der Waals surface area (Å²) in [7, 11) is 0. The SMILES string of the molecule is CC1CCC(=NNc2ccccc2[N+](=O)[O-])CC1. The fourth-order valence-corrected chi connectivity index (χ4v) is 2.07. The summed E-state index contributed by atoms with van der Waals surface area (Å²) >= 11 is 0. The smallest absolute Gasteiger partial charge is 0.272 e. The van der Waals surface area contributed by atoms with Crippen LogP contribution in [0.4, 0.5) is 11.4 Å². The van der Waals surface area contributed by atoms with Crippen LogP contribution in [0.3, 0.4) is 0 Å². The number of rotatable bonds is 3. The van der Waals surface area contributed by atoms with Gasteiger partial charge >= 0.3 is 0 Å². The molecule has 0 bridgehead atoms. The van der Waals surface area contributed by atoms with Crippen molar-refractivity contribution in [2.45, 2.75) is 32.6 Å². The molecule has 0 aromatic heterocycles. The van der Waals surface area contributed by atoms with E-state index in [9.17, 15) is 10.1 Å². The fraction of sp³-hybridized carbons (Fsp3) is 0.462. The Labute approximate surface area is 106 Å². The van der Waals surface area contributed by atoms with E-state index >= 15 is 0 Å². The molecule has 2 rings (SSSR count). The van der Waals surface area contributed by atoms with Crippen LogP contribution >= 0.6 is 0 Å². The highest BCUT2D eigenvalue weighted by atomic mass is 16.6. The quantitative estimate of drug-likeness (QED) is 0.655. The molecule has 1 N–H and O–H groups in total. The number of hydrogen-bond acceptors (Lipinski definition) is 4. The standard InChI is InChI=1S/C13H17N3O2/c1-10-6-8-11(9-7-10)14-15-12-4-2-3-5-13(12)16(17)18/h2-5,10,15H,6-9H2,1H3. The minimum atomic E-state index is -0.397. The average molecular weight is 247 g/mol. The van der Waals surface area contributed by atoms with Gasteiger partial charge in [0.1, 0.15) is 5.69 Å². The average Bonchev–Trinajstić information content (AvgIpc) is 2.38. The monoisotopic (exact) mass is 247 g/mol. The maximum absolute atomic E-state index is 10.8. The molecule has 1 aromatic rings. The Bertz CT molecular complexity index is 461. The van der Waals surface area contributed by atoms with Gasteiger partial charge < -0.3 is 0 Å². The molecule has 1 saturated carbocycles. The van der Waals surface area contributed by atoms with Gasteiger partial charge in [0.05, 0.1) is 4.92 Å². The summed E-state index contributed by atoms with van der Waals surface area (Å²) in [5.74, 6) is 0.759. The molecule has 5 heteroatoms. The van der Waals surface area contributed by atoms with Crippen LogP contribution in [0.1, 0.15) is 32.6 Å². The lowest BCUT2D eigenvalue weighted by molar-refractivity contribution is -0.384. The fourth-order valence-electron chi connectivity index (χ4n) is 2.07. The van der Waals surface area contributed by atoms with Crippen molar-refractivity contribution in [2.75, 3.05) is 5.43 Å². The van der Waals surface area contributed by atoms with E-state index in [1.165, 1.54) is 6.07 Å². The summed E-state index contributed by atoms with van der Waals surface area (Å²) in [5, 5.41) is 15.1. The molecule has 5 nitrogen and oxygen atoms in total. The molecule has 18 heavy (non-hydrogen) atoms. The van der Waals surface area contributed by atoms with Gasteiger partial charge in [-0.3, -0.25) is 15.5 Å². The molecule has 1 aromatic carbocycles. The molecule has 0 unspecified atom stereocenters. The zero-order chi connectivity index (χ0) is 13.0. The van der Waals surface area contributed by atoms with Crippen LogP contribution in [-0.2, 0) is 0 Å². The first-order valence-electron chi connectivity index (χ1n) is 6.21. The number of hydrogen-bond donors (Lipinski definition) is 1. The van der Waals surface area contributed by atoms with Crippen molar-refractivity contribution in [1.29, 1.82) is 0 Å². The van der Waals surface area contributed by atoms with Crippen molar-refractivity contribution in [1.82, 2.24) is 0 Å². The molecule has 0 aliphatic heterocycles. The maximum Gasteiger partial charge on any atom is 0.294 e. The number of hydrazone groups is 1. The van der Waals surface area contributed by atoms with Crippen molar-refractivity contribution < 1.29 is 4.92 Å². The van der Waals surface area contributed by atoms with Gasteiger partial charge in [0.25, 0.3) is 5.69 Å². The number of anilines is 1. The lowest BCUT2D eigenvalue weighted by Gasteiger charge is -2.18. The van der Waals surface area contributed by atoms with E-state index in [1.54, 1.807) is 18.2 Å². The van der Waals surface area contributed by atoms with Gasteiger partial charge in [-0.1, -0.05) is 19.1 Å². The third kappa shape index (κ3) is 3.06. The van der Waals surface area contributed by atoms with Crippen molar-refractivity contribution in [3.8, 4) is 0 Å². The number of nitrogens with zero attached hydrogens (tertiary/aromatic N) is 2. The minimum Gasteiger partial charge on any atom is -0.272 e. The molecule has 0 amide bonds. The number of benzene rings is 1. The first-order chi connectivity index (χ1) is 8.66. The summed E-state index contributed by atoms with van der Waals surface area (Å²) in [6.45, 7) is 2.24. The van der Waals surface area contributed by atoms with Crippen molar-refractivity contribution >= 4 is 17.1 Å². The third-order valence-electron chi connectivity index (χ3n) is 3.29. The Kier molecular flexibility index (Phi) is 3.92. The Morgan fingerprint density at radius 1 is 1.33 bits per heavy atom. The number of nitro groups is 1. The predicted octanol–water partition coefficient (Wildman–Crippen LogP) is 3.57. The molecule has 1 fully saturated rings. The molecular weight excluding hydrogens is 230 g/mol. The van der Waals surface area contributed by atoms with Crippen LogP contribution in [0.15, 0.2) is 29.4 Å². The lowest BCUT2D eigenvalue weighted by atomic mass is 9.90. The van der Waals surface area contributed by atoms with Gasteiger partial charge in [-0.15, -0.1) is 0 Å². The van der Waals surface area contributed by atoms with Crippen LogP contribution in [0.2, 0.25) is 0 Å². The molecular formula is C13H17N3O2. The van der Waals surface area contributed by atoms with E-state index in [1.807, 2.05) is 0 Å². The maximum atomic E-state index is 10.8. The van der Waals surface area contributed by atoms with Gasteiger partial charge in [-0.2, -0.15) is 5.10 Å². The van der Waals surface area contributed by atoms with Crippen LogP contribution in [0.25, 0.3) is 0 Å². The highest BCUT2D eigenvalue weighted by Gasteiger charge is 2.15. The molecule has 0 atom stereocenters. The number of para-hydroxylation sites is 2. The highest BCUT2D eigenvalue weighted by molar-refractivity contribution is 5.86. The zero-order valence-electron chi connectivity index (χ0n) is 10.4. The van der Waals surface area contributed by atoms with E-state index in [0.717, 1.165) is 37.3 Å². The molecule has 0 radical (unpaired) electrons. The Morgan fingerprint density at radius 2 is 2.00 bits per heavy atom. The van der Waals surface area contributed by atoms with Crippen LogP contribution in [0.5, 0.6) is 0 Å². The van der Waals surface area contributed by atoms with E-state index in [0.29, 0.717) is 5.69 Å². The number of nitrogens with one attached hydrogen (secondary N) is 1. The normalized spacial score (nSPS) is 19.4. The zero-order valence-corrected chi connectivity index (χ0v) is 10.4. The summed E-state index contributed by atoms with van der Waals surface area (Å²) in [6.07, 6.45) is 4.26. The van der Waals surface area contributed by atoms with Crippen LogP contribution in [-0.4, -0.2) is 10.6 Å². The Balaban J connectivity index is 2.06. The highest BCUT2D eigenvalue weighted by Crippen LogP contribution is 2.25. The van der Waals surface area contributed by atoms with E-state index in [4.69, 9.17) is 0 Å². The van der Waals surface area contributed by atoms with Crippen molar-refractivity contribution in [3.05, 3.63) is 34.4 Å². The largest absolute Gasteiger partial charge is 0.294 e. The summed E-state index contributed by atoms with van der Waals surface area (Å²) in [6, 6.07) is 6.57. The van der Waals surface area contributed by atoms with Gasteiger partial charge in [-0.05, 0) is 37.7 Å². The van der Waals surface area contributed by atoms with Gasteiger partial charge in [0.2, 0.25) is 0 Å². The first kappa shape index (κ1) is 12.5. The Hall–Kier alpha value is -1.91. The number of nitro benzene ring substituents is 1. The third-order valence-corrected chi connectivity index (χ3v) is 3.29. The summed E-state index contributed by atoms with van der Waals surface area (Å²) in [4.78, 5) is 10.4. The molecule has 1 aliphatic carbocycles. The predicted molar refractivity (Wildman–Crippen MR) is 71.8 cm³/mol. The van der Waals surface area contributed by atoms with E-state index < -0.39 is 4.92 Å². The lowest BCUT2D eigenvalue weighted by Crippen LogP contribution is -2.13. The topological polar surface area (TPSA) is 67.5 Å². The summed E-state index contributed by atoms with van der Waals surface area (Å²) in [5.41, 5.74) is 4.44. The van der Waals surface area contributed by atoms with E-state index in [2.05, 4.69) is 17.5 Å². The van der Waals surface area contributed by atoms with Crippen molar-refractivity contribution in [3.63, 3.8) is 0 Å². The molecule has 0 spiro atoms. The van der Waals surface area contributed by atoms with Gasteiger partial charge in [0, 0.05) is 11.8 Å². The second-order valence-corrected chi connectivity index (χ2v) is 4.75. The van der Waals surface area contributed by atoms with Gasteiger partial charge in [-0.25, -0.2) is 0 Å². The van der Waals surface area contributed by atoms with Crippen LogP contribution < -0.4 is 5.43 Å². The second kappa shape index (κ2) is 5.62. The first-order valence-corrected chi connectivity index (χ1v) is 6.21. The van der Waals surface area contributed by atoms with Crippen molar-refractivity contribution in [2.24, 2.45) is 11.0 Å². The molecule has 96 valence electrons. The second-order valence-electron chi connectivity index (χ2n) is 4.75. The molecule has 0 saturated heterocycles. The molecule has 0 heterocycles. The van der Waals surface area contributed by atoms with Crippen LogP contribution in [0, 0.1) is 16.0 Å². The minimum absolute atomic E-state index is 0.0611. The van der Waals surface area contributed by atoms with E-state index in [-0.39, 0.29) is 5.69 Å². The Morgan fingerprint density at radius 3 is 2.67 bits per heavy atom. The molecule has 1 aliphatic rings. The van der Waals surface area contributed by atoms with Gasteiger partial charge in [0.15, 0.2) is 0 Å².